The second-order valence-electron chi connectivity index (χ2n) is 14.1. The van der Waals surface area contributed by atoms with Gasteiger partial charge in [-0.15, -0.1) is 0 Å². The van der Waals surface area contributed by atoms with Crippen LogP contribution in [0.2, 0.25) is 0 Å². The normalized spacial score (nSPS) is 14.9. The monoisotopic (exact) mass is 629 g/mol. The Hall–Kier alpha value is -3.84. The zero-order chi connectivity index (χ0) is 33.2. The number of carbonyl (C=O) groups excluding carboxylic acids is 2. The largest absolute Gasteiger partial charge is 0.489 e. The molecule has 0 saturated carbocycles. The van der Waals surface area contributed by atoms with Crippen molar-refractivity contribution in [2.24, 2.45) is 0 Å². The van der Waals surface area contributed by atoms with E-state index in [4.69, 9.17) is 18.9 Å². The van der Waals surface area contributed by atoms with Crippen LogP contribution in [0.25, 0.3) is 0 Å². The quantitative estimate of drug-likeness (QED) is 0.148. The zero-order valence-corrected chi connectivity index (χ0v) is 28.5. The second kappa shape index (κ2) is 15.6. The summed E-state index contributed by atoms with van der Waals surface area (Å²) in [6.07, 6.45) is 3.12. The fourth-order valence-electron chi connectivity index (χ4n) is 5.86. The van der Waals surface area contributed by atoms with E-state index in [0.29, 0.717) is 32.9 Å². The lowest BCUT2D eigenvalue weighted by Gasteiger charge is -2.43. The maximum absolute atomic E-state index is 13.0. The van der Waals surface area contributed by atoms with E-state index >= 15 is 0 Å². The lowest BCUT2D eigenvalue weighted by Crippen LogP contribution is -2.47. The maximum atomic E-state index is 13.0. The van der Waals surface area contributed by atoms with Gasteiger partial charge in [-0.2, -0.15) is 0 Å². The topological polar surface area (TPSA) is 74.3 Å². The van der Waals surface area contributed by atoms with Gasteiger partial charge in [0.15, 0.2) is 0 Å². The molecule has 3 aromatic carbocycles. The molecule has 1 amide bonds. The highest BCUT2D eigenvalue weighted by Crippen LogP contribution is 2.46. The van der Waals surface area contributed by atoms with Crippen LogP contribution in [0.4, 0.5) is 4.79 Å². The van der Waals surface area contributed by atoms with Crippen LogP contribution >= 0.6 is 0 Å². The number of piperidine rings is 1. The standard InChI is InChI=1S/C39H51NO6/c1-37(2,3)45-35(41)21-27-43-26-13-16-30-19-20-34(44-29-31-14-9-7-10-15-31)33(28-30)39(32-17-11-8-12-18-32)22-24-40(25-23-39)36(42)46-38(4,5)6/h7-12,14-15,17-20,28H,13,16,21-27,29H2,1-6H3. The number of aryl methyl sites for hydroxylation is 1. The lowest BCUT2D eigenvalue weighted by atomic mass is 9.67. The van der Waals surface area contributed by atoms with Gasteiger partial charge in [0.2, 0.25) is 0 Å². The summed E-state index contributed by atoms with van der Waals surface area (Å²) in [5, 5.41) is 0. The number of esters is 1. The molecule has 46 heavy (non-hydrogen) atoms. The van der Waals surface area contributed by atoms with Crippen LogP contribution in [-0.2, 0) is 37.4 Å². The molecule has 1 aliphatic heterocycles. The number of hydrogen-bond donors (Lipinski definition) is 0. The van der Waals surface area contributed by atoms with Crippen molar-refractivity contribution < 1.29 is 28.5 Å². The van der Waals surface area contributed by atoms with Crippen molar-refractivity contribution in [3.05, 3.63) is 101 Å². The summed E-state index contributed by atoms with van der Waals surface area (Å²) < 4.78 is 23.4. The third-order valence-corrected chi connectivity index (χ3v) is 8.02. The number of amides is 1. The lowest BCUT2D eigenvalue weighted by molar-refractivity contribution is -0.156. The third kappa shape index (κ3) is 10.3. The summed E-state index contributed by atoms with van der Waals surface area (Å²) >= 11 is 0. The van der Waals surface area contributed by atoms with Crippen LogP contribution in [0, 0.1) is 0 Å². The minimum atomic E-state index is -0.544. The minimum absolute atomic E-state index is 0.243. The van der Waals surface area contributed by atoms with E-state index < -0.39 is 11.2 Å². The second-order valence-corrected chi connectivity index (χ2v) is 14.1. The van der Waals surface area contributed by atoms with Gasteiger partial charge in [-0.25, -0.2) is 4.79 Å². The highest BCUT2D eigenvalue weighted by molar-refractivity contribution is 5.70. The van der Waals surface area contributed by atoms with Gasteiger partial charge >= 0.3 is 12.1 Å². The van der Waals surface area contributed by atoms with Crippen LogP contribution in [-0.4, -0.2) is 54.5 Å². The molecule has 0 aliphatic carbocycles. The molecule has 0 bridgehead atoms. The number of hydrogen-bond acceptors (Lipinski definition) is 6. The van der Waals surface area contributed by atoms with Crippen molar-refractivity contribution in [3.8, 4) is 5.75 Å². The van der Waals surface area contributed by atoms with E-state index in [-0.39, 0.29) is 23.9 Å². The molecular weight excluding hydrogens is 578 g/mol. The van der Waals surface area contributed by atoms with Gasteiger partial charge in [-0.1, -0.05) is 72.8 Å². The molecule has 248 valence electrons. The Labute approximate surface area is 275 Å². The molecule has 7 heteroatoms. The molecule has 1 heterocycles. The fourth-order valence-corrected chi connectivity index (χ4v) is 5.86. The summed E-state index contributed by atoms with van der Waals surface area (Å²) in [5.41, 5.74) is 3.28. The Balaban J connectivity index is 1.54. The van der Waals surface area contributed by atoms with Gasteiger partial charge < -0.3 is 23.8 Å². The number of carbonyl (C=O) groups is 2. The highest BCUT2D eigenvalue weighted by atomic mass is 16.6. The summed E-state index contributed by atoms with van der Waals surface area (Å²) in [6.45, 7) is 13.8. The molecule has 1 aliphatic rings. The molecule has 0 atom stereocenters. The molecule has 0 unspecified atom stereocenters. The Morgan fingerprint density at radius 3 is 2.02 bits per heavy atom. The van der Waals surface area contributed by atoms with E-state index in [0.717, 1.165) is 42.6 Å². The smallest absolute Gasteiger partial charge is 0.410 e. The molecule has 3 aromatic rings. The number of likely N-dealkylation sites (tertiary alicyclic amines) is 1. The van der Waals surface area contributed by atoms with Crippen molar-refractivity contribution >= 4 is 12.1 Å². The average Bonchev–Trinajstić information content (AvgIpc) is 3.01. The Morgan fingerprint density at radius 1 is 0.761 bits per heavy atom. The van der Waals surface area contributed by atoms with Gasteiger partial charge in [-0.3, -0.25) is 4.79 Å². The van der Waals surface area contributed by atoms with Gasteiger partial charge in [-0.05, 0) is 90.0 Å². The number of ether oxygens (including phenoxy) is 4. The summed E-state index contributed by atoms with van der Waals surface area (Å²) in [5.74, 6) is 0.614. The van der Waals surface area contributed by atoms with Crippen molar-refractivity contribution in [1.29, 1.82) is 0 Å². The van der Waals surface area contributed by atoms with Crippen LogP contribution in [0.5, 0.6) is 5.75 Å². The van der Waals surface area contributed by atoms with E-state index in [1.165, 1.54) is 11.1 Å². The molecule has 4 rings (SSSR count). The predicted octanol–water partition coefficient (Wildman–Crippen LogP) is 8.26. The number of benzene rings is 3. The van der Waals surface area contributed by atoms with Gasteiger partial charge in [0, 0.05) is 30.7 Å². The van der Waals surface area contributed by atoms with E-state index in [2.05, 4.69) is 54.6 Å². The first-order chi connectivity index (χ1) is 21.8. The molecule has 7 nitrogen and oxygen atoms in total. The Bertz CT molecular complexity index is 1400. The van der Waals surface area contributed by atoms with Crippen LogP contribution in [0.1, 0.15) is 89.5 Å². The SMILES string of the molecule is CC(C)(C)OC(=O)CCOCCCc1ccc(OCc2ccccc2)c(C2(c3ccccc3)CCN(C(=O)OC(C)(C)C)CC2)c1. The number of nitrogens with zero attached hydrogens (tertiary/aromatic N) is 1. The maximum Gasteiger partial charge on any atom is 0.410 e. The summed E-state index contributed by atoms with van der Waals surface area (Å²) in [6, 6.07) is 27.3. The molecule has 1 fully saturated rings. The van der Waals surface area contributed by atoms with Crippen molar-refractivity contribution in [3.63, 3.8) is 0 Å². The zero-order valence-electron chi connectivity index (χ0n) is 28.5. The Kier molecular flexibility index (Phi) is 11.9. The van der Waals surface area contributed by atoms with Gasteiger partial charge in [0.25, 0.3) is 0 Å². The first-order valence-electron chi connectivity index (χ1n) is 16.5. The van der Waals surface area contributed by atoms with Crippen LogP contribution < -0.4 is 4.74 Å². The molecule has 0 aromatic heterocycles. The third-order valence-electron chi connectivity index (χ3n) is 8.02. The van der Waals surface area contributed by atoms with Gasteiger partial charge in [0.1, 0.15) is 23.6 Å². The average molecular weight is 630 g/mol. The summed E-state index contributed by atoms with van der Waals surface area (Å²) in [7, 11) is 0. The Morgan fingerprint density at radius 2 is 1.39 bits per heavy atom. The molecule has 0 N–H and O–H groups in total. The molecule has 0 radical (unpaired) electrons. The van der Waals surface area contributed by atoms with Crippen LogP contribution in [0.3, 0.4) is 0 Å². The van der Waals surface area contributed by atoms with Crippen molar-refractivity contribution in [2.45, 2.75) is 96.9 Å². The van der Waals surface area contributed by atoms with E-state index in [9.17, 15) is 9.59 Å². The van der Waals surface area contributed by atoms with E-state index in [1.807, 2.05) is 70.7 Å². The molecular formula is C39H51NO6. The highest BCUT2D eigenvalue weighted by Gasteiger charge is 2.41. The predicted molar refractivity (Wildman–Crippen MR) is 181 cm³/mol. The van der Waals surface area contributed by atoms with Gasteiger partial charge in [0.05, 0.1) is 13.0 Å². The van der Waals surface area contributed by atoms with Crippen molar-refractivity contribution in [1.82, 2.24) is 4.90 Å². The number of rotatable bonds is 12. The molecule has 1 saturated heterocycles. The minimum Gasteiger partial charge on any atom is -0.489 e. The summed E-state index contributed by atoms with van der Waals surface area (Å²) in [4.78, 5) is 26.8. The van der Waals surface area contributed by atoms with Crippen molar-refractivity contribution in [2.75, 3.05) is 26.3 Å². The first-order valence-corrected chi connectivity index (χ1v) is 16.5. The van der Waals surface area contributed by atoms with Crippen LogP contribution in [0.15, 0.2) is 78.9 Å². The fraction of sp³-hybridized carbons (Fsp3) is 0.487. The first kappa shape index (κ1) is 35.0. The molecule has 0 spiro atoms. The van der Waals surface area contributed by atoms with E-state index in [1.54, 1.807) is 0 Å².